The molecule has 4 rings (SSSR count). The standard InChI is InChI=1S/C24H19BrN2O3/c1-15(27-23(29)17-11-5-6-12-18(17)24(27)30)22(28)26-21(16-9-3-2-4-10-16)19-13-7-8-14-20(19)25/h2-15,21H,1H3,(H,26,28)/t15-,21-/m1/s1. The maximum atomic E-state index is 13.2. The zero-order valence-corrected chi connectivity index (χ0v) is 17.8. The predicted octanol–water partition coefficient (Wildman–Crippen LogP) is 4.34. The molecule has 1 aliphatic heterocycles. The molecule has 3 aromatic carbocycles. The molecule has 0 radical (unpaired) electrons. The second-order valence-electron chi connectivity index (χ2n) is 7.08. The maximum Gasteiger partial charge on any atom is 0.262 e. The topological polar surface area (TPSA) is 66.5 Å². The summed E-state index contributed by atoms with van der Waals surface area (Å²) in [7, 11) is 0. The van der Waals surface area contributed by atoms with Gasteiger partial charge < -0.3 is 5.32 Å². The number of amides is 3. The monoisotopic (exact) mass is 462 g/mol. The van der Waals surface area contributed by atoms with Gasteiger partial charge in [-0.25, -0.2) is 0 Å². The number of nitrogens with one attached hydrogen (secondary N) is 1. The fourth-order valence-electron chi connectivity index (χ4n) is 3.64. The van der Waals surface area contributed by atoms with Crippen molar-refractivity contribution in [2.75, 3.05) is 0 Å². The van der Waals surface area contributed by atoms with Crippen molar-refractivity contribution in [3.8, 4) is 0 Å². The van der Waals surface area contributed by atoms with Gasteiger partial charge in [-0.05, 0) is 36.2 Å². The fourth-order valence-corrected chi connectivity index (χ4v) is 4.15. The SMILES string of the molecule is C[C@H](C(=O)N[C@H](c1ccccc1)c1ccccc1Br)N1C(=O)c2ccccc2C1=O. The number of imide groups is 1. The van der Waals surface area contributed by atoms with E-state index in [9.17, 15) is 14.4 Å². The number of rotatable bonds is 5. The highest BCUT2D eigenvalue weighted by Crippen LogP contribution is 2.29. The number of nitrogens with zero attached hydrogens (tertiary/aromatic N) is 1. The Hall–Kier alpha value is -3.25. The Morgan fingerprint density at radius 1 is 0.833 bits per heavy atom. The summed E-state index contributed by atoms with van der Waals surface area (Å²) < 4.78 is 0.854. The van der Waals surface area contributed by atoms with Crippen LogP contribution in [-0.4, -0.2) is 28.7 Å². The summed E-state index contributed by atoms with van der Waals surface area (Å²) in [5.41, 5.74) is 2.43. The van der Waals surface area contributed by atoms with Gasteiger partial charge in [-0.2, -0.15) is 0 Å². The Balaban J connectivity index is 1.63. The molecule has 0 saturated heterocycles. The van der Waals surface area contributed by atoms with Crippen LogP contribution in [0, 0.1) is 0 Å². The third-order valence-corrected chi connectivity index (χ3v) is 5.95. The number of carbonyl (C=O) groups excluding carboxylic acids is 3. The number of carbonyl (C=O) groups is 3. The lowest BCUT2D eigenvalue weighted by Crippen LogP contribution is -2.48. The third-order valence-electron chi connectivity index (χ3n) is 5.23. The van der Waals surface area contributed by atoms with Crippen molar-refractivity contribution in [2.24, 2.45) is 0 Å². The summed E-state index contributed by atoms with van der Waals surface area (Å²) in [6.07, 6.45) is 0. The first-order valence-electron chi connectivity index (χ1n) is 9.55. The van der Waals surface area contributed by atoms with Gasteiger partial charge in [0.15, 0.2) is 0 Å². The van der Waals surface area contributed by atoms with Gasteiger partial charge in [-0.15, -0.1) is 0 Å². The summed E-state index contributed by atoms with van der Waals surface area (Å²) in [6, 6.07) is 22.4. The molecule has 1 N–H and O–H groups in total. The van der Waals surface area contributed by atoms with Gasteiger partial charge in [0.05, 0.1) is 17.2 Å². The van der Waals surface area contributed by atoms with Crippen LogP contribution in [0.1, 0.15) is 44.8 Å². The number of hydrogen-bond donors (Lipinski definition) is 1. The average molecular weight is 463 g/mol. The van der Waals surface area contributed by atoms with Crippen LogP contribution < -0.4 is 5.32 Å². The van der Waals surface area contributed by atoms with E-state index in [0.717, 1.165) is 20.5 Å². The van der Waals surface area contributed by atoms with E-state index >= 15 is 0 Å². The fraction of sp³-hybridized carbons (Fsp3) is 0.125. The molecule has 0 saturated carbocycles. The van der Waals surface area contributed by atoms with Gasteiger partial charge in [-0.1, -0.05) is 76.6 Å². The zero-order valence-electron chi connectivity index (χ0n) is 16.2. The van der Waals surface area contributed by atoms with Crippen molar-refractivity contribution in [1.82, 2.24) is 10.2 Å². The molecule has 3 amide bonds. The van der Waals surface area contributed by atoms with Crippen molar-refractivity contribution in [1.29, 1.82) is 0 Å². The zero-order chi connectivity index (χ0) is 21.3. The van der Waals surface area contributed by atoms with E-state index in [1.165, 1.54) is 0 Å². The minimum absolute atomic E-state index is 0.326. The lowest BCUT2D eigenvalue weighted by molar-refractivity contribution is -0.125. The second kappa shape index (κ2) is 8.24. The first-order chi connectivity index (χ1) is 14.5. The van der Waals surface area contributed by atoms with Crippen molar-refractivity contribution in [3.63, 3.8) is 0 Å². The summed E-state index contributed by atoms with van der Waals surface area (Å²) >= 11 is 3.56. The van der Waals surface area contributed by atoms with Crippen LogP contribution in [0.25, 0.3) is 0 Å². The van der Waals surface area contributed by atoms with E-state index in [2.05, 4.69) is 21.2 Å². The molecule has 0 aliphatic carbocycles. The number of benzene rings is 3. The lowest BCUT2D eigenvalue weighted by Gasteiger charge is -2.26. The molecule has 2 atom stereocenters. The first-order valence-corrected chi connectivity index (χ1v) is 10.3. The Kier molecular flexibility index (Phi) is 5.50. The molecule has 5 nitrogen and oxygen atoms in total. The lowest BCUT2D eigenvalue weighted by atomic mass is 9.98. The van der Waals surface area contributed by atoms with Crippen LogP contribution in [0.4, 0.5) is 0 Å². The molecule has 0 unspecified atom stereocenters. The Morgan fingerprint density at radius 3 is 1.97 bits per heavy atom. The van der Waals surface area contributed by atoms with E-state index in [0.29, 0.717) is 11.1 Å². The van der Waals surface area contributed by atoms with Crippen LogP contribution in [0.2, 0.25) is 0 Å². The van der Waals surface area contributed by atoms with Crippen molar-refractivity contribution < 1.29 is 14.4 Å². The van der Waals surface area contributed by atoms with Gasteiger partial charge in [-0.3, -0.25) is 19.3 Å². The van der Waals surface area contributed by atoms with Crippen LogP contribution in [0.5, 0.6) is 0 Å². The highest BCUT2D eigenvalue weighted by Gasteiger charge is 2.41. The Morgan fingerprint density at radius 2 is 1.37 bits per heavy atom. The minimum Gasteiger partial charge on any atom is -0.343 e. The Bertz CT molecular complexity index is 1100. The number of halogens is 1. The van der Waals surface area contributed by atoms with E-state index in [4.69, 9.17) is 0 Å². The Labute approximate surface area is 182 Å². The normalized spacial score (nSPS) is 14.9. The van der Waals surface area contributed by atoms with Crippen LogP contribution >= 0.6 is 15.9 Å². The van der Waals surface area contributed by atoms with Crippen molar-refractivity contribution in [2.45, 2.75) is 19.0 Å². The number of hydrogen-bond acceptors (Lipinski definition) is 3. The highest BCUT2D eigenvalue weighted by molar-refractivity contribution is 9.10. The second-order valence-corrected chi connectivity index (χ2v) is 7.93. The molecular weight excluding hydrogens is 444 g/mol. The largest absolute Gasteiger partial charge is 0.343 e. The smallest absolute Gasteiger partial charge is 0.262 e. The summed E-state index contributed by atoms with van der Waals surface area (Å²) in [4.78, 5) is 39.7. The van der Waals surface area contributed by atoms with E-state index < -0.39 is 29.8 Å². The molecule has 0 aromatic heterocycles. The molecule has 30 heavy (non-hydrogen) atoms. The highest BCUT2D eigenvalue weighted by atomic mass is 79.9. The van der Waals surface area contributed by atoms with Crippen LogP contribution in [0.15, 0.2) is 83.3 Å². The molecular formula is C24H19BrN2O3. The third kappa shape index (κ3) is 3.55. The first kappa shape index (κ1) is 20.0. The average Bonchev–Trinajstić information content (AvgIpc) is 3.03. The summed E-state index contributed by atoms with van der Waals surface area (Å²) in [6.45, 7) is 1.57. The van der Waals surface area contributed by atoms with Crippen molar-refractivity contribution >= 4 is 33.7 Å². The quantitative estimate of drug-likeness (QED) is 0.573. The van der Waals surface area contributed by atoms with Gasteiger partial charge >= 0.3 is 0 Å². The molecule has 6 heteroatoms. The van der Waals surface area contributed by atoms with Gasteiger partial charge in [0, 0.05) is 4.47 Å². The van der Waals surface area contributed by atoms with E-state index in [-0.39, 0.29) is 0 Å². The maximum absolute atomic E-state index is 13.2. The van der Waals surface area contributed by atoms with Crippen LogP contribution in [-0.2, 0) is 4.79 Å². The number of fused-ring (bicyclic) bond motifs is 1. The molecule has 0 bridgehead atoms. The van der Waals surface area contributed by atoms with E-state index in [1.54, 1.807) is 31.2 Å². The summed E-state index contributed by atoms with van der Waals surface area (Å²) in [5.74, 6) is -1.31. The van der Waals surface area contributed by atoms with Gasteiger partial charge in [0.1, 0.15) is 6.04 Å². The molecule has 0 fully saturated rings. The van der Waals surface area contributed by atoms with Crippen LogP contribution in [0.3, 0.4) is 0 Å². The van der Waals surface area contributed by atoms with E-state index in [1.807, 2.05) is 54.6 Å². The minimum atomic E-state index is -0.953. The molecule has 1 heterocycles. The van der Waals surface area contributed by atoms with Gasteiger partial charge in [0.2, 0.25) is 5.91 Å². The van der Waals surface area contributed by atoms with Crippen molar-refractivity contribution in [3.05, 3.63) is 106 Å². The molecule has 0 spiro atoms. The summed E-state index contributed by atoms with van der Waals surface area (Å²) in [5, 5.41) is 3.02. The molecule has 1 aliphatic rings. The molecule has 3 aromatic rings. The van der Waals surface area contributed by atoms with Gasteiger partial charge in [0.25, 0.3) is 11.8 Å². The predicted molar refractivity (Wildman–Crippen MR) is 117 cm³/mol. The molecule has 150 valence electrons.